The Morgan fingerprint density at radius 2 is 2.08 bits per heavy atom. The number of benzene rings is 1. The number of hydrogen-bond acceptors (Lipinski definition) is 4. The number of aryl methyl sites for hydroxylation is 1. The Bertz CT molecular complexity index is 705. The second-order valence-corrected chi connectivity index (χ2v) is 6.67. The van der Waals surface area contributed by atoms with E-state index in [2.05, 4.69) is 23.3 Å². The Balaban J connectivity index is 1.65. The van der Waals surface area contributed by atoms with Crippen molar-refractivity contribution in [2.45, 2.75) is 39.0 Å². The summed E-state index contributed by atoms with van der Waals surface area (Å²) in [5.41, 5.74) is 3.18. The molecule has 1 N–H and O–H groups in total. The highest BCUT2D eigenvalue weighted by Gasteiger charge is 2.30. The highest BCUT2D eigenvalue weighted by atomic mass is 16.6. The van der Waals surface area contributed by atoms with E-state index < -0.39 is 0 Å². The lowest BCUT2D eigenvalue weighted by Gasteiger charge is -2.38. The Kier molecular flexibility index (Phi) is 5.66. The zero-order chi connectivity index (χ0) is 17.6. The van der Waals surface area contributed by atoms with Gasteiger partial charge in [0.2, 0.25) is 0 Å². The fourth-order valence-electron chi connectivity index (χ4n) is 3.17. The van der Waals surface area contributed by atoms with Gasteiger partial charge in [0, 0.05) is 31.0 Å². The summed E-state index contributed by atoms with van der Waals surface area (Å²) < 4.78 is 5.55. The maximum absolute atomic E-state index is 12.6. The van der Waals surface area contributed by atoms with Crippen molar-refractivity contribution in [3.8, 4) is 0 Å². The maximum atomic E-state index is 12.6. The molecular weight excluding hydrogens is 314 g/mol. The van der Waals surface area contributed by atoms with Gasteiger partial charge in [-0.1, -0.05) is 30.3 Å². The van der Waals surface area contributed by atoms with Gasteiger partial charge >= 0.3 is 6.09 Å². The van der Waals surface area contributed by atoms with E-state index in [-0.39, 0.29) is 18.2 Å². The summed E-state index contributed by atoms with van der Waals surface area (Å²) in [7, 11) is 0. The van der Waals surface area contributed by atoms with Crippen LogP contribution in [0.4, 0.5) is 4.79 Å². The highest BCUT2D eigenvalue weighted by Crippen LogP contribution is 2.16. The Labute approximate surface area is 149 Å². The van der Waals surface area contributed by atoms with Crippen molar-refractivity contribution in [3.63, 3.8) is 0 Å². The van der Waals surface area contributed by atoms with Gasteiger partial charge in [-0.3, -0.25) is 4.98 Å². The van der Waals surface area contributed by atoms with Gasteiger partial charge in [0.25, 0.3) is 0 Å². The molecule has 2 heterocycles. The summed E-state index contributed by atoms with van der Waals surface area (Å²) in [6.45, 7) is 5.80. The molecule has 1 aromatic carbocycles. The summed E-state index contributed by atoms with van der Waals surface area (Å²) in [5.74, 6) is 0. The number of carbonyl (C=O) groups is 1. The number of ether oxygens (including phenoxy) is 1. The van der Waals surface area contributed by atoms with E-state index in [1.165, 1.54) is 5.56 Å². The van der Waals surface area contributed by atoms with Gasteiger partial charge in [-0.25, -0.2) is 4.79 Å². The molecule has 5 nitrogen and oxygen atoms in total. The molecule has 0 aliphatic carbocycles. The number of pyridine rings is 1. The van der Waals surface area contributed by atoms with Crippen molar-refractivity contribution in [1.29, 1.82) is 0 Å². The number of amides is 1. The lowest BCUT2D eigenvalue weighted by Crippen LogP contribution is -2.58. The van der Waals surface area contributed by atoms with E-state index in [9.17, 15) is 4.79 Å². The normalized spacial score (nSPS) is 20.3. The third-order valence-corrected chi connectivity index (χ3v) is 4.49. The van der Waals surface area contributed by atoms with Gasteiger partial charge in [-0.05, 0) is 43.5 Å². The topological polar surface area (TPSA) is 54.5 Å². The van der Waals surface area contributed by atoms with E-state index >= 15 is 0 Å². The van der Waals surface area contributed by atoms with E-state index in [4.69, 9.17) is 4.74 Å². The average molecular weight is 339 g/mol. The maximum Gasteiger partial charge on any atom is 0.410 e. The second-order valence-electron chi connectivity index (χ2n) is 6.67. The van der Waals surface area contributed by atoms with E-state index in [0.717, 1.165) is 24.2 Å². The third-order valence-electron chi connectivity index (χ3n) is 4.49. The molecule has 1 aliphatic heterocycles. The first-order valence-electron chi connectivity index (χ1n) is 8.74. The van der Waals surface area contributed by atoms with Crippen LogP contribution in [-0.4, -0.2) is 41.2 Å². The number of carbonyl (C=O) groups excluding carboxylic acids is 1. The van der Waals surface area contributed by atoms with E-state index in [0.29, 0.717) is 13.2 Å². The molecule has 0 spiro atoms. The van der Waals surface area contributed by atoms with Crippen LogP contribution in [0.25, 0.3) is 0 Å². The molecule has 1 fully saturated rings. The van der Waals surface area contributed by atoms with Crippen molar-refractivity contribution in [3.05, 3.63) is 65.5 Å². The van der Waals surface area contributed by atoms with E-state index in [1.54, 1.807) is 0 Å². The monoisotopic (exact) mass is 339 g/mol. The summed E-state index contributed by atoms with van der Waals surface area (Å²) >= 11 is 0. The Morgan fingerprint density at radius 3 is 2.84 bits per heavy atom. The number of rotatable bonds is 4. The van der Waals surface area contributed by atoms with Crippen LogP contribution >= 0.6 is 0 Å². The molecule has 132 valence electrons. The summed E-state index contributed by atoms with van der Waals surface area (Å²) in [6.07, 6.45) is 2.37. The van der Waals surface area contributed by atoms with Crippen molar-refractivity contribution in [2.24, 2.45) is 0 Å². The summed E-state index contributed by atoms with van der Waals surface area (Å²) in [4.78, 5) is 18.8. The number of nitrogens with zero attached hydrogens (tertiary/aromatic N) is 2. The van der Waals surface area contributed by atoms with Crippen LogP contribution in [0.2, 0.25) is 0 Å². The molecule has 5 heteroatoms. The minimum absolute atomic E-state index is 0.0845. The van der Waals surface area contributed by atoms with Gasteiger partial charge in [-0.15, -0.1) is 0 Å². The molecule has 0 bridgehead atoms. The largest absolute Gasteiger partial charge is 0.445 e. The Hall–Kier alpha value is -2.40. The molecule has 0 unspecified atom stereocenters. The van der Waals surface area contributed by atoms with Crippen LogP contribution in [0.1, 0.15) is 23.7 Å². The molecule has 1 amide bonds. The number of piperazine rings is 1. The summed E-state index contributed by atoms with van der Waals surface area (Å²) in [6, 6.07) is 14.2. The van der Waals surface area contributed by atoms with E-state index in [1.807, 2.05) is 54.4 Å². The molecule has 2 atom stereocenters. The van der Waals surface area contributed by atoms with Crippen molar-refractivity contribution < 1.29 is 9.53 Å². The average Bonchev–Trinajstić information content (AvgIpc) is 2.62. The molecule has 3 rings (SSSR count). The minimum atomic E-state index is -0.243. The number of nitrogens with one attached hydrogen (secondary N) is 1. The van der Waals surface area contributed by atoms with Crippen LogP contribution in [0.5, 0.6) is 0 Å². The molecule has 25 heavy (non-hydrogen) atoms. The van der Waals surface area contributed by atoms with Gasteiger partial charge in [0.1, 0.15) is 6.61 Å². The summed E-state index contributed by atoms with van der Waals surface area (Å²) in [5, 5.41) is 3.46. The smallest absolute Gasteiger partial charge is 0.410 e. The molecule has 2 aromatic rings. The fourth-order valence-corrected chi connectivity index (χ4v) is 3.17. The van der Waals surface area contributed by atoms with Crippen LogP contribution in [0.3, 0.4) is 0 Å². The molecule has 0 saturated carbocycles. The lowest BCUT2D eigenvalue weighted by atomic mass is 10.0. The van der Waals surface area contributed by atoms with Gasteiger partial charge < -0.3 is 15.0 Å². The minimum Gasteiger partial charge on any atom is -0.445 e. The van der Waals surface area contributed by atoms with Crippen molar-refractivity contribution in [2.75, 3.05) is 13.1 Å². The molecule has 1 aromatic heterocycles. The van der Waals surface area contributed by atoms with Gasteiger partial charge in [-0.2, -0.15) is 0 Å². The zero-order valence-corrected chi connectivity index (χ0v) is 14.8. The van der Waals surface area contributed by atoms with Crippen molar-refractivity contribution >= 4 is 6.09 Å². The quantitative estimate of drug-likeness (QED) is 0.930. The number of hydrogen-bond donors (Lipinski definition) is 1. The van der Waals surface area contributed by atoms with Crippen molar-refractivity contribution in [1.82, 2.24) is 15.2 Å². The zero-order valence-electron chi connectivity index (χ0n) is 14.8. The fraction of sp³-hybridized carbons (Fsp3) is 0.400. The van der Waals surface area contributed by atoms with Gasteiger partial charge in [0.05, 0.1) is 6.04 Å². The number of aromatic nitrogens is 1. The van der Waals surface area contributed by atoms with Crippen LogP contribution in [-0.2, 0) is 17.8 Å². The highest BCUT2D eigenvalue weighted by molar-refractivity contribution is 5.68. The molecule has 0 radical (unpaired) electrons. The second kappa shape index (κ2) is 8.12. The Morgan fingerprint density at radius 1 is 1.28 bits per heavy atom. The molecule has 1 saturated heterocycles. The van der Waals surface area contributed by atoms with Gasteiger partial charge in [0.15, 0.2) is 0 Å². The standard InChI is InChI=1S/C20H25N3O2/c1-15-10-18(8-9-21-15)11-19-12-22-16(2)13-23(19)20(24)25-14-17-6-4-3-5-7-17/h3-10,16,19,22H,11-14H2,1-2H3/t16-,19+/m0/s1. The lowest BCUT2D eigenvalue weighted by molar-refractivity contribution is 0.0646. The first kappa shape index (κ1) is 17.4. The van der Waals surface area contributed by atoms with Crippen LogP contribution in [0.15, 0.2) is 48.7 Å². The first-order chi connectivity index (χ1) is 12.1. The SMILES string of the molecule is Cc1cc(C[C@@H]2CN[C@@H](C)CN2C(=O)OCc2ccccc2)ccn1. The first-order valence-corrected chi connectivity index (χ1v) is 8.74. The predicted molar refractivity (Wildman–Crippen MR) is 97.3 cm³/mol. The molecule has 1 aliphatic rings. The van der Waals surface area contributed by atoms with Crippen LogP contribution in [0, 0.1) is 6.92 Å². The van der Waals surface area contributed by atoms with Crippen LogP contribution < -0.4 is 5.32 Å². The third kappa shape index (κ3) is 4.79. The molecular formula is C20H25N3O2. The predicted octanol–water partition coefficient (Wildman–Crippen LogP) is 2.93.